The van der Waals surface area contributed by atoms with Crippen molar-refractivity contribution in [3.63, 3.8) is 0 Å². The summed E-state index contributed by atoms with van der Waals surface area (Å²) in [6.07, 6.45) is 6.41. The highest BCUT2D eigenvalue weighted by atomic mass is 16.2. The molecule has 136 valence electrons. The summed E-state index contributed by atoms with van der Waals surface area (Å²) in [7, 11) is 0. The van der Waals surface area contributed by atoms with Crippen LogP contribution in [-0.4, -0.2) is 57.1 Å². The van der Waals surface area contributed by atoms with Gasteiger partial charge in [0.25, 0.3) is 5.91 Å². The van der Waals surface area contributed by atoms with Crippen LogP contribution in [0, 0.1) is 6.92 Å². The third kappa shape index (κ3) is 3.11. The number of likely N-dealkylation sites (tertiary alicyclic amines) is 2. The lowest BCUT2D eigenvalue weighted by molar-refractivity contribution is -0.134. The molecule has 6 heteroatoms. The second kappa shape index (κ2) is 6.94. The summed E-state index contributed by atoms with van der Waals surface area (Å²) >= 11 is 0. The fraction of sp³-hybridized carbons (Fsp3) is 0.450. The molecule has 4 rings (SSSR count). The third-order valence-electron chi connectivity index (χ3n) is 5.40. The number of aromatic nitrogens is 2. The normalized spacial score (nSPS) is 22.8. The van der Waals surface area contributed by atoms with Crippen LogP contribution < -0.4 is 0 Å². The van der Waals surface area contributed by atoms with Crippen LogP contribution in [0.1, 0.15) is 41.2 Å². The fourth-order valence-corrected chi connectivity index (χ4v) is 4.01. The molecule has 2 aliphatic rings. The number of nitrogens with zero attached hydrogens (tertiary/aromatic N) is 4. The summed E-state index contributed by atoms with van der Waals surface area (Å²) in [4.78, 5) is 29.5. The molecule has 2 unspecified atom stereocenters. The third-order valence-corrected chi connectivity index (χ3v) is 5.40. The van der Waals surface area contributed by atoms with Crippen LogP contribution in [0.2, 0.25) is 0 Å². The lowest BCUT2D eigenvalue weighted by Crippen LogP contribution is -2.47. The van der Waals surface area contributed by atoms with Gasteiger partial charge in [-0.2, -0.15) is 5.10 Å². The predicted octanol–water partition coefficient (Wildman–Crippen LogP) is 2.27. The Morgan fingerprint density at radius 2 is 1.92 bits per heavy atom. The highest BCUT2D eigenvalue weighted by Gasteiger charge is 2.39. The Hall–Kier alpha value is -2.63. The van der Waals surface area contributed by atoms with Crippen molar-refractivity contribution in [1.82, 2.24) is 19.6 Å². The van der Waals surface area contributed by atoms with E-state index in [1.165, 1.54) is 0 Å². The summed E-state index contributed by atoms with van der Waals surface area (Å²) in [6.45, 7) is 4.07. The monoisotopic (exact) mass is 352 g/mol. The molecule has 2 aromatic rings. The summed E-state index contributed by atoms with van der Waals surface area (Å²) in [5.41, 5.74) is 1.78. The van der Waals surface area contributed by atoms with Gasteiger partial charge in [0.1, 0.15) is 6.04 Å². The van der Waals surface area contributed by atoms with Crippen LogP contribution in [0.25, 0.3) is 0 Å². The molecule has 6 nitrogen and oxygen atoms in total. The molecule has 0 aliphatic carbocycles. The van der Waals surface area contributed by atoms with Crippen molar-refractivity contribution >= 4 is 11.8 Å². The number of carbonyl (C=O) groups excluding carboxylic acids is 2. The quantitative estimate of drug-likeness (QED) is 0.851. The smallest absolute Gasteiger partial charge is 0.254 e. The van der Waals surface area contributed by atoms with Crippen molar-refractivity contribution in [1.29, 1.82) is 0 Å². The topological polar surface area (TPSA) is 58.4 Å². The van der Waals surface area contributed by atoms with E-state index in [4.69, 9.17) is 0 Å². The Bertz CT molecular complexity index is 801. The second-order valence-corrected chi connectivity index (χ2v) is 7.25. The first-order valence-corrected chi connectivity index (χ1v) is 9.29. The van der Waals surface area contributed by atoms with E-state index < -0.39 is 0 Å². The van der Waals surface area contributed by atoms with E-state index in [1.54, 1.807) is 4.90 Å². The van der Waals surface area contributed by atoms with Gasteiger partial charge in [-0.15, -0.1) is 0 Å². The molecule has 3 heterocycles. The summed E-state index contributed by atoms with van der Waals surface area (Å²) in [5, 5.41) is 4.39. The molecule has 1 aromatic heterocycles. The molecule has 2 aliphatic heterocycles. The lowest BCUT2D eigenvalue weighted by Gasteiger charge is -2.28. The first kappa shape index (κ1) is 16.8. The minimum atomic E-state index is -0.333. The van der Waals surface area contributed by atoms with Gasteiger partial charge in [0, 0.05) is 31.4 Å². The highest BCUT2D eigenvalue weighted by Crippen LogP contribution is 2.27. The number of amides is 2. The standard InChI is InChI=1S/C20H24N4O2/c1-15-12-21-24(13-15)17-9-11-22(14-17)20(26)18-8-5-10-23(18)19(25)16-6-3-2-4-7-16/h2-4,6-7,12-13,17-18H,5,8-11,14H2,1H3. The van der Waals surface area contributed by atoms with Crippen LogP contribution in [-0.2, 0) is 4.79 Å². The molecule has 0 spiro atoms. The zero-order valence-electron chi connectivity index (χ0n) is 15.0. The predicted molar refractivity (Wildman–Crippen MR) is 97.7 cm³/mol. The molecule has 2 fully saturated rings. The maximum Gasteiger partial charge on any atom is 0.254 e. The van der Waals surface area contributed by atoms with E-state index in [9.17, 15) is 9.59 Å². The van der Waals surface area contributed by atoms with Gasteiger partial charge in [-0.25, -0.2) is 0 Å². The van der Waals surface area contributed by atoms with E-state index in [1.807, 2.05) is 59.2 Å². The van der Waals surface area contributed by atoms with Gasteiger partial charge in [0.2, 0.25) is 5.91 Å². The van der Waals surface area contributed by atoms with E-state index in [-0.39, 0.29) is 23.9 Å². The average molecular weight is 352 g/mol. The van der Waals surface area contributed by atoms with Crippen molar-refractivity contribution < 1.29 is 9.59 Å². The van der Waals surface area contributed by atoms with E-state index in [0.29, 0.717) is 18.7 Å². The number of hydrogen-bond acceptors (Lipinski definition) is 3. The molecule has 0 bridgehead atoms. The Balaban J connectivity index is 1.45. The Labute approximate surface area is 153 Å². The fourth-order valence-electron chi connectivity index (χ4n) is 4.01. The minimum Gasteiger partial charge on any atom is -0.339 e. The van der Waals surface area contributed by atoms with Crippen LogP contribution in [0.5, 0.6) is 0 Å². The van der Waals surface area contributed by atoms with Crippen molar-refractivity contribution in [2.24, 2.45) is 0 Å². The maximum absolute atomic E-state index is 13.1. The molecule has 2 atom stereocenters. The van der Waals surface area contributed by atoms with Crippen molar-refractivity contribution in [2.75, 3.05) is 19.6 Å². The first-order chi connectivity index (χ1) is 12.6. The van der Waals surface area contributed by atoms with Crippen LogP contribution in [0.3, 0.4) is 0 Å². The molecule has 0 N–H and O–H groups in total. The van der Waals surface area contributed by atoms with Crippen molar-refractivity contribution in [3.8, 4) is 0 Å². The first-order valence-electron chi connectivity index (χ1n) is 9.29. The highest BCUT2D eigenvalue weighted by molar-refractivity contribution is 5.98. The summed E-state index contributed by atoms with van der Waals surface area (Å²) < 4.78 is 1.96. The van der Waals surface area contributed by atoms with Gasteiger partial charge in [-0.3, -0.25) is 14.3 Å². The number of carbonyl (C=O) groups is 2. The Kier molecular flexibility index (Phi) is 4.49. The Morgan fingerprint density at radius 3 is 2.65 bits per heavy atom. The van der Waals surface area contributed by atoms with E-state index in [2.05, 4.69) is 5.10 Å². The molecule has 0 saturated carbocycles. The van der Waals surface area contributed by atoms with Gasteiger partial charge in [0.15, 0.2) is 0 Å². The van der Waals surface area contributed by atoms with Crippen LogP contribution in [0.4, 0.5) is 0 Å². The number of aryl methyl sites for hydroxylation is 1. The SMILES string of the molecule is Cc1cnn(C2CCN(C(=O)C3CCCN3C(=O)c3ccccc3)C2)c1. The van der Waals surface area contributed by atoms with Gasteiger partial charge in [-0.05, 0) is 43.9 Å². The van der Waals surface area contributed by atoms with Gasteiger partial charge >= 0.3 is 0 Å². The molecular weight excluding hydrogens is 328 g/mol. The average Bonchev–Trinajstić information content (AvgIpc) is 3.41. The van der Waals surface area contributed by atoms with Gasteiger partial charge in [-0.1, -0.05) is 18.2 Å². The Morgan fingerprint density at radius 1 is 1.12 bits per heavy atom. The van der Waals surface area contributed by atoms with Crippen molar-refractivity contribution in [2.45, 2.75) is 38.3 Å². The van der Waals surface area contributed by atoms with Crippen LogP contribution in [0.15, 0.2) is 42.7 Å². The number of rotatable bonds is 3. The van der Waals surface area contributed by atoms with Gasteiger partial charge in [0.05, 0.1) is 12.2 Å². The zero-order valence-corrected chi connectivity index (χ0v) is 15.0. The molecule has 26 heavy (non-hydrogen) atoms. The molecule has 2 amide bonds. The second-order valence-electron chi connectivity index (χ2n) is 7.25. The molecule has 2 saturated heterocycles. The van der Waals surface area contributed by atoms with E-state index >= 15 is 0 Å². The zero-order chi connectivity index (χ0) is 18.1. The maximum atomic E-state index is 13.1. The number of benzene rings is 1. The lowest BCUT2D eigenvalue weighted by atomic mass is 10.1. The molecule has 1 aromatic carbocycles. The van der Waals surface area contributed by atoms with E-state index in [0.717, 1.165) is 31.4 Å². The van der Waals surface area contributed by atoms with Crippen LogP contribution >= 0.6 is 0 Å². The van der Waals surface area contributed by atoms with Gasteiger partial charge < -0.3 is 9.80 Å². The summed E-state index contributed by atoms with van der Waals surface area (Å²) in [6, 6.07) is 9.13. The largest absolute Gasteiger partial charge is 0.339 e. The van der Waals surface area contributed by atoms with Crippen molar-refractivity contribution in [3.05, 3.63) is 53.9 Å². The minimum absolute atomic E-state index is 0.0418. The number of hydrogen-bond donors (Lipinski definition) is 0. The molecule has 0 radical (unpaired) electrons. The molecular formula is C20H24N4O2. The summed E-state index contributed by atoms with van der Waals surface area (Å²) in [5.74, 6) is 0.0399.